The highest BCUT2D eigenvalue weighted by Crippen LogP contribution is 2.21. The van der Waals surface area contributed by atoms with E-state index >= 15 is 0 Å². The van der Waals surface area contributed by atoms with Crippen molar-refractivity contribution < 1.29 is 4.74 Å². The average molecular weight is 251 g/mol. The Labute approximate surface area is 108 Å². The van der Waals surface area contributed by atoms with Crippen LogP contribution in [-0.4, -0.2) is 34.6 Å². The molecule has 0 radical (unpaired) electrons. The number of piperidine rings is 1. The van der Waals surface area contributed by atoms with Gasteiger partial charge in [0.25, 0.3) is 0 Å². The van der Waals surface area contributed by atoms with Crippen LogP contribution in [0.4, 0.5) is 11.9 Å². The predicted molar refractivity (Wildman–Crippen MR) is 70.6 cm³/mol. The molecule has 0 bridgehead atoms. The van der Waals surface area contributed by atoms with E-state index in [1.807, 2.05) is 6.92 Å². The normalized spacial score (nSPS) is 19.9. The van der Waals surface area contributed by atoms with Crippen LogP contribution < -0.4 is 15.4 Å². The molecule has 1 aromatic heterocycles. The van der Waals surface area contributed by atoms with Crippen LogP contribution in [-0.2, 0) is 0 Å². The second-order valence-electron chi connectivity index (χ2n) is 4.82. The minimum Gasteiger partial charge on any atom is -0.463 e. The van der Waals surface area contributed by atoms with E-state index in [-0.39, 0.29) is 5.95 Å². The zero-order chi connectivity index (χ0) is 13.0. The first-order chi connectivity index (χ1) is 8.69. The van der Waals surface area contributed by atoms with Crippen LogP contribution in [0.1, 0.15) is 33.1 Å². The van der Waals surface area contributed by atoms with E-state index < -0.39 is 0 Å². The Morgan fingerprint density at radius 1 is 1.39 bits per heavy atom. The summed E-state index contributed by atoms with van der Waals surface area (Å²) in [4.78, 5) is 14.7. The lowest BCUT2D eigenvalue weighted by molar-refractivity contribution is 0.291. The number of anilines is 2. The van der Waals surface area contributed by atoms with Gasteiger partial charge < -0.3 is 15.4 Å². The van der Waals surface area contributed by atoms with Gasteiger partial charge in [-0.2, -0.15) is 15.0 Å². The Hall–Kier alpha value is -1.59. The van der Waals surface area contributed by atoms with Gasteiger partial charge in [0, 0.05) is 13.1 Å². The lowest BCUT2D eigenvalue weighted by atomic mass is 10.0. The molecule has 2 rings (SSSR count). The highest BCUT2D eigenvalue weighted by atomic mass is 16.5. The number of nitrogen functional groups attached to an aromatic ring is 1. The SMILES string of the molecule is CCCOc1nc(N)nc(N2CCCC(C)C2)n1. The molecule has 1 atom stereocenters. The molecule has 1 saturated heterocycles. The van der Waals surface area contributed by atoms with E-state index in [0.29, 0.717) is 24.5 Å². The number of rotatable bonds is 4. The molecule has 2 N–H and O–H groups in total. The second-order valence-corrected chi connectivity index (χ2v) is 4.82. The van der Waals surface area contributed by atoms with Gasteiger partial charge in [-0.1, -0.05) is 13.8 Å². The summed E-state index contributed by atoms with van der Waals surface area (Å²) in [7, 11) is 0. The summed E-state index contributed by atoms with van der Waals surface area (Å²) in [5.41, 5.74) is 5.70. The largest absolute Gasteiger partial charge is 0.463 e. The molecule has 1 aromatic rings. The number of ether oxygens (including phenoxy) is 1. The fourth-order valence-electron chi connectivity index (χ4n) is 2.13. The van der Waals surface area contributed by atoms with Crippen molar-refractivity contribution in [1.29, 1.82) is 0 Å². The van der Waals surface area contributed by atoms with Crippen LogP contribution in [0.15, 0.2) is 0 Å². The van der Waals surface area contributed by atoms with Crippen LogP contribution in [0.2, 0.25) is 0 Å². The first-order valence-electron chi connectivity index (χ1n) is 6.58. The van der Waals surface area contributed by atoms with E-state index in [4.69, 9.17) is 10.5 Å². The van der Waals surface area contributed by atoms with Gasteiger partial charge in [-0.3, -0.25) is 0 Å². The van der Waals surface area contributed by atoms with E-state index in [0.717, 1.165) is 25.9 Å². The van der Waals surface area contributed by atoms with Crippen molar-refractivity contribution in [2.75, 3.05) is 30.3 Å². The van der Waals surface area contributed by atoms with Crippen molar-refractivity contribution in [3.05, 3.63) is 0 Å². The number of hydrogen-bond donors (Lipinski definition) is 1. The molecular weight excluding hydrogens is 230 g/mol. The molecule has 0 saturated carbocycles. The standard InChI is InChI=1S/C12H21N5O/c1-3-7-18-12-15-10(13)14-11(16-12)17-6-4-5-9(2)8-17/h9H,3-8H2,1-2H3,(H2,13,14,15,16). The molecule has 0 amide bonds. The molecule has 6 heteroatoms. The average Bonchev–Trinajstić information content (AvgIpc) is 2.36. The zero-order valence-corrected chi connectivity index (χ0v) is 11.1. The molecule has 2 heterocycles. The fourth-order valence-corrected chi connectivity index (χ4v) is 2.13. The lowest BCUT2D eigenvalue weighted by Gasteiger charge is -2.30. The van der Waals surface area contributed by atoms with Crippen LogP contribution in [0.3, 0.4) is 0 Å². The van der Waals surface area contributed by atoms with Gasteiger partial charge in [-0.05, 0) is 25.2 Å². The lowest BCUT2D eigenvalue weighted by Crippen LogP contribution is -2.35. The maximum atomic E-state index is 5.70. The molecule has 6 nitrogen and oxygen atoms in total. The van der Waals surface area contributed by atoms with E-state index in [2.05, 4.69) is 26.8 Å². The molecule has 18 heavy (non-hydrogen) atoms. The molecular formula is C12H21N5O. The van der Waals surface area contributed by atoms with E-state index in [1.165, 1.54) is 6.42 Å². The molecule has 0 aliphatic carbocycles. The monoisotopic (exact) mass is 251 g/mol. The molecule has 100 valence electrons. The van der Waals surface area contributed by atoms with Crippen LogP contribution in [0, 0.1) is 5.92 Å². The third-order valence-electron chi connectivity index (χ3n) is 3.00. The number of aromatic nitrogens is 3. The summed E-state index contributed by atoms with van der Waals surface area (Å²) in [5.74, 6) is 1.53. The Balaban J connectivity index is 2.13. The number of hydrogen-bond acceptors (Lipinski definition) is 6. The van der Waals surface area contributed by atoms with Gasteiger partial charge in [0.2, 0.25) is 11.9 Å². The summed E-state index contributed by atoms with van der Waals surface area (Å²) >= 11 is 0. The minimum atomic E-state index is 0.226. The third-order valence-corrected chi connectivity index (χ3v) is 3.00. The van der Waals surface area contributed by atoms with Crippen LogP contribution >= 0.6 is 0 Å². The number of nitrogens with two attached hydrogens (primary N) is 1. The van der Waals surface area contributed by atoms with Crippen molar-refractivity contribution in [2.24, 2.45) is 5.92 Å². The fraction of sp³-hybridized carbons (Fsp3) is 0.750. The van der Waals surface area contributed by atoms with E-state index in [9.17, 15) is 0 Å². The number of nitrogens with zero attached hydrogens (tertiary/aromatic N) is 4. The zero-order valence-electron chi connectivity index (χ0n) is 11.1. The maximum absolute atomic E-state index is 5.70. The van der Waals surface area contributed by atoms with Crippen molar-refractivity contribution in [1.82, 2.24) is 15.0 Å². The van der Waals surface area contributed by atoms with Crippen molar-refractivity contribution in [3.8, 4) is 6.01 Å². The minimum absolute atomic E-state index is 0.226. The van der Waals surface area contributed by atoms with Crippen molar-refractivity contribution in [3.63, 3.8) is 0 Å². The molecule has 1 aliphatic rings. The topological polar surface area (TPSA) is 77.2 Å². The molecule has 1 unspecified atom stereocenters. The van der Waals surface area contributed by atoms with Gasteiger partial charge >= 0.3 is 6.01 Å². The highest BCUT2D eigenvalue weighted by Gasteiger charge is 2.20. The summed E-state index contributed by atoms with van der Waals surface area (Å²) in [6, 6.07) is 0.331. The molecule has 1 aliphatic heterocycles. The first-order valence-corrected chi connectivity index (χ1v) is 6.58. The molecule has 1 fully saturated rings. The highest BCUT2D eigenvalue weighted by molar-refractivity contribution is 5.36. The Bertz CT molecular complexity index is 398. The maximum Gasteiger partial charge on any atom is 0.323 e. The van der Waals surface area contributed by atoms with Crippen LogP contribution in [0.5, 0.6) is 6.01 Å². The summed E-state index contributed by atoms with van der Waals surface area (Å²) in [6.07, 6.45) is 3.34. The summed E-state index contributed by atoms with van der Waals surface area (Å²) in [6.45, 7) is 6.82. The van der Waals surface area contributed by atoms with Crippen molar-refractivity contribution >= 4 is 11.9 Å². The molecule has 0 aromatic carbocycles. The molecule has 0 spiro atoms. The van der Waals surface area contributed by atoms with Gasteiger partial charge in [0.1, 0.15) is 0 Å². The first kappa shape index (κ1) is 12.9. The van der Waals surface area contributed by atoms with Gasteiger partial charge in [0.05, 0.1) is 6.61 Å². The second kappa shape index (κ2) is 5.84. The quantitative estimate of drug-likeness (QED) is 0.873. The smallest absolute Gasteiger partial charge is 0.323 e. The Morgan fingerprint density at radius 2 is 2.22 bits per heavy atom. The third kappa shape index (κ3) is 3.21. The summed E-state index contributed by atoms with van der Waals surface area (Å²) in [5, 5.41) is 0. The Kier molecular flexibility index (Phi) is 4.17. The Morgan fingerprint density at radius 3 is 2.94 bits per heavy atom. The van der Waals surface area contributed by atoms with Crippen molar-refractivity contribution in [2.45, 2.75) is 33.1 Å². The predicted octanol–water partition coefficient (Wildman–Crippen LogP) is 1.48. The summed E-state index contributed by atoms with van der Waals surface area (Å²) < 4.78 is 5.43. The van der Waals surface area contributed by atoms with Crippen LogP contribution in [0.25, 0.3) is 0 Å². The van der Waals surface area contributed by atoms with Gasteiger partial charge in [-0.25, -0.2) is 0 Å². The van der Waals surface area contributed by atoms with Gasteiger partial charge in [-0.15, -0.1) is 0 Å². The van der Waals surface area contributed by atoms with Gasteiger partial charge in [0.15, 0.2) is 0 Å². The van der Waals surface area contributed by atoms with E-state index in [1.54, 1.807) is 0 Å².